The van der Waals surface area contributed by atoms with E-state index in [0.29, 0.717) is 6.61 Å². The summed E-state index contributed by atoms with van der Waals surface area (Å²) in [5.74, 6) is -0.297. The predicted octanol–water partition coefficient (Wildman–Crippen LogP) is 1.27. The zero-order valence-electron chi connectivity index (χ0n) is 7.74. The first-order valence-corrected chi connectivity index (χ1v) is 4.51. The fraction of sp³-hybridized carbons (Fsp3) is 0.875. The molecule has 72 valence electrons. The lowest BCUT2D eigenvalue weighted by atomic mass is 10.3. The minimum absolute atomic E-state index is 0.000957. The zero-order chi connectivity index (χ0) is 9.56. The van der Waals surface area contributed by atoms with E-state index in [4.69, 9.17) is 9.47 Å². The summed E-state index contributed by atoms with van der Waals surface area (Å²) < 4.78 is 9.93. The number of thiol groups is 1. The van der Waals surface area contributed by atoms with Crippen LogP contribution in [0, 0.1) is 0 Å². The standard InChI is InChI=1S/C8H16O3S/c1-4-7(10-3)5-11-8(9)6(2)12/h6-7,12H,4-5H2,1-3H3. The molecule has 4 heteroatoms. The smallest absolute Gasteiger partial charge is 0.318 e. The van der Waals surface area contributed by atoms with E-state index in [0.717, 1.165) is 6.42 Å². The summed E-state index contributed by atoms with van der Waals surface area (Å²) >= 11 is 3.94. The third-order valence-electron chi connectivity index (χ3n) is 1.54. The molecule has 0 saturated carbocycles. The quantitative estimate of drug-likeness (QED) is 0.526. The van der Waals surface area contributed by atoms with Gasteiger partial charge in [0.25, 0.3) is 0 Å². The van der Waals surface area contributed by atoms with Gasteiger partial charge in [-0.25, -0.2) is 0 Å². The molecule has 0 N–H and O–H groups in total. The van der Waals surface area contributed by atoms with E-state index in [2.05, 4.69) is 12.6 Å². The summed E-state index contributed by atoms with van der Waals surface area (Å²) in [6.07, 6.45) is 0.839. The Hall–Kier alpha value is -0.220. The van der Waals surface area contributed by atoms with Crippen LogP contribution < -0.4 is 0 Å². The van der Waals surface area contributed by atoms with E-state index in [1.165, 1.54) is 0 Å². The van der Waals surface area contributed by atoms with Crippen LogP contribution in [0.15, 0.2) is 0 Å². The number of carbonyl (C=O) groups excluding carboxylic acids is 1. The van der Waals surface area contributed by atoms with Gasteiger partial charge >= 0.3 is 5.97 Å². The first kappa shape index (κ1) is 11.8. The van der Waals surface area contributed by atoms with Gasteiger partial charge in [-0.15, -0.1) is 0 Å². The van der Waals surface area contributed by atoms with Crippen molar-refractivity contribution in [2.24, 2.45) is 0 Å². The maximum absolute atomic E-state index is 10.9. The lowest BCUT2D eigenvalue weighted by Gasteiger charge is -2.13. The van der Waals surface area contributed by atoms with E-state index in [9.17, 15) is 4.79 Å². The van der Waals surface area contributed by atoms with Crippen LogP contribution in [0.3, 0.4) is 0 Å². The largest absolute Gasteiger partial charge is 0.462 e. The first-order chi connectivity index (χ1) is 5.61. The molecule has 2 unspecified atom stereocenters. The Kier molecular flexibility index (Phi) is 6.20. The third kappa shape index (κ3) is 4.62. The molecule has 0 spiro atoms. The lowest BCUT2D eigenvalue weighted by Crippen LogP contribution is -2.23. The molecule has 0 aliphatic rings. The van der Waals surface area contributed by atoms with Crippen LogP contribution in [0.2, 0.25) is 0 Å². The molecule has 0 aromatic heterocycles. The highest BCUT2D eigenvalue weighted by molar-refractivity contribution is 7.81. The van der Waals surface area contributed by atoms with Gasteiger partial charge in [-0.3, -0.25) is 4.79 Å². The second-order valence-electron chi connectivity index (χ2n) is 2.57. The summed E-state index contributed by atoms with van der Waals surface area (Å²) in [5, 5.41) is -0.362. The van der Waals surface area contributed by atoms with Crippen LogP contribution in [-0.4, -0.2) is 31.0 Å². The predicted molar refractivity (Wildman–Crippen MR) is 50.5 cm³/mol. The molecule has 0 radical (unpaired) electrons. The van der Waals surface area contributed by atoms with Crippen LogP contribution in [-0.2, 0) is 14.3 Å². The van der Waals surface area contributed by atoms with Gasteiger partial charge < -0.3 is 9.47 Å². The maximum atomic E-state index is 10.9. The van der Waals surface area contributed by atoms with Crippen molar-refractivity contribution < 1.29 is 14.3 Å². The Morgan fingerprint density at radius 1 is 1.58 bits per heavy atom. The highest BCUT2D eigenvalue weighted by Gasteiger charge is 2.12. The molecule has 0 heterocycles. The minimum atomic E-state index is -0.362. The minimum Gasteiger partial charge on any atom is -0.462 e. The fourth-order valence-corrected chi connectivity index (χ4v) is 0.723. The SMILES string of the molecule is CCC(COC(=O)C(C)S)OC. The van der Waals surface area contributed by atoms with Crippen molar-refractivity contribution in [3.05, 3.63) is 0 Å². The van der Waals surface area contributed by atoms with Gasteiger partial charge in [0.15, 0.2) is 0 Å². The summed E-state index contributed by atoms with van der Waals surface area (Å²) in [4.78, 5) is 10.9. The van der Waals surface area contributed by atoms with E-state index >= 15 is 0 Å². The monoisotopic (exact) mass is 192 g/mol. The van der Waals surface area contributed by atoms with Gasteiger partial charge in [0.05, 0.1) is 11.4 Å². The lowest BCUT2D eigenvalue weighted by molar-refractivity contribution is -0.146. The maximum Gasteiger partial charge on any atom is 0.318 e. The number of ether oxygens (including phenoxy) is 2. The molecule has 0 aliphatic heterocycles. The molecule has 0 amide bonds. The fourth-order valence-electron chi connectivity index (χ4n) is 0.648. The van der Waals surface area contributed by atoms with Crippen molar-refractivity contribution in [3.8, 4) is 0 Å². The number of carbonyl (C=O) groups is 1. The summed E-state index contributed by atoms with van der Waals surface area (Å²) in [7, 11) is 1.60. The summed E-state index contributed by atoms with van der Waals surface area (Å²) in [6, 6.07) is 0. The third-order valence-corrected chi connectivity index (χ3v) is 1.75. The molecular formula is C8H16O3S. The van der Waals surface area contributed by atoms with Crippen LogP contribution in [0.25, 0.3) is 0 Å². The zero-order valence-corrected chi connectivity index (χ0v) is 8.64. The number of hydrogen-bond donors (Lipinski definition) is 1. The van der Waals surface area contributed by atoms with Crippen molar-refractivity contribution in [1.29, 1.82) is 0 Å². The van der Waals surface area contributed by atoms with Gasteiger partial charge in [0, 0.05) is 7.11 Å². The Balaban J connectivity index is 3.59. The molecule has 3 nitrogen and oxygen atoms in total. The molecule has 2 atom stereocenters. The highest BCUT2D eigenvalue weighted by atomic mass is 32.1. The first-order valence-electron chi connectivity index (χ1n) is 3.99. The molecule has 12 heavy (non-hydrogen) atoms. The van der Waals surface area contributed by atoms with Crippen LogP contribution in [0.4, 0.5) is 0 Å². The topological polar surface area (TPSA) is 35.5 Å². The Bertz CT molecular complexity index is 132. The van der Waals surface area contributed by atoms with E-state index in [1.807, 2.05) is 6.92 Å². The molecule has 0 aliphatic carbocycles. The number of hydrogen-bond acceptors (Lipinski definition) is 4. The average Bonchev–Trinajstić information content (AvgIpc) is 2.05. The molecule has 0 aromatic carbocycles. The highest BCUT2D eigenvalue weighted by Crippen LogP contribution is 2.00. The van der Waals surface area contributed by atoms with Crippen LogP contribution in [0.5, 0.6) is 0 Å². The van der Waals surface area contributed by atoms with Crippen molar-refractivity contribution in [2.75, 3.05) is 13.7 Å². The van der Waals surface area contributed by atoms with E-state index < -0.39 is 0 Å². The Morgan fingerprint density at radius 3 is 2.50 bits per heavy atom. The van der Waals surface area contributed by atoms with Crippen molar-refractivity contribution in [1.82, 2.24) is 0 Å². The Morgan fingerprint density at radius 2 is 2.17 bits per heavy atom. The van der Waals surface area contributed by atoms with Crippen molar-refractivity contribution in [3.63, 3.8) is 0 Å². The van der Waals surface area contributed by atoms with E-state index in [1.54, 1.807) is 14.0 Å². The number of rotatable bonds is 5. The van der Waals surface area contributed by atoms with Gasteiger partial charge in [0.2, 0.25) is 0 Å². The molecule has 0 saturated heterocycles. The van der Waals surface area contributed by atoms with Gasteiger partial charge in [-0.2, -0.15) is 12.6 Å². The molecule has 0 bridgehead atoms. The molecule has 0 rings (SSSR count). The van der Waals surface area contributed by atoms with Gasteiger partial charge in [0.1, 0.15) is 6.61 Å². The summed E-state index contributed by atoms with van der Waals surface area (Å²) in [6.45, 7) is 3.97. The van der Waals surface area contributed by atoms with Crippen LogP contribution >= 0.6 is 12.6 Å². The van der Waals surface area contributed by atoms with Gasteiger partial charge in [-0.05, 0) is 13.3 Å². The average molecular weight is 192 g/mol. The van der Waals surface area contributed by atoms with Crippen LogP contribution in [0.1, 0.15) is 20.3 Å². The molecular weight excluding hydrogens is 176 g/mol. The molecule has 0 aromatic rings. The second kappa shape index (κ2) is 6.31. The normalized spacial score (nSPS) is 15.3. The Labute approximate surface area is 78.8 Å². The van der Waals surface area contributed by atoms with E-state index in [-0.39, 0.29) is 17.3 Å². The second-order valence-corrected chi connectivity index (χ2v) is 3.35. The number of esters is 1. The number of methoxy groups -OCH3 is 1. The van der Waals surface area contributed by atoms with Gasteiger partial charge in [-0.1, -0.05) is 6.92 Å². The van der Waals surface area contributed by atoms with Crippen molar-refractivity contribution in [2.45, 2.75) is 31.6 Å². The molecule has 0 fully saturated rings. The van der Waals surface area contributed by atoms with Crippen molar-refractivity contribution >= 4 is 18.6 Å². The summed E-state index contributed by atoms with van der Waals surface area (Å²) in [5.41, 5.74) is 0.